The topological polar surface area (TPSA) is 34.1 Å². The molecular formula is C10H19BrO2S. The van der Waals surface area contributed by atoms with E-state index in [0.717, 1.165) is 18.2 Å². The highest BCUT2D eigenvalue weighted by atomic mass is 79.9. The molecule has 1 fully saturated rings. The first kappa shape index (κ1) is 12.5. The van der Waals surface area contributed by atoms with Gasteiger partial charge in [-0.1, -0.05) is 22.4 Å². The second-order valence-corrected chi connectivity index (χ2v) is 8.66. The van der Waals surface area contributed by atoms with E-state index in [1.165, 1.54) is 6.42 Å². The minimum Gasteiger partial charge on any atom is -0.228 e. The number of hydrogen-bond donors (Lipinski definition) is 0. The lowest BCUT2D eigenvalue weighted by Gasteiger charge is -2.41. The van der Waals surface area contributed by atoms with Crippen LogP contribution in [0.2, 0.25) is 0 Å². The maximum Gasteiger partial charge on any atom is 0.155 e. The molecule has 0 unspecified atom stereocenters. The van der Waals surface area contributed by atoms with Gasteiger partial charge in [-0.3, -0.25) is 0 Å². The summed E-state index contributed by atoms with van der Waals surface area (Å²) in [6, 6.07) is 0. The highest BCUT2D eigenvalue weighted by Gasteiger charge is 2.43. The van der Waals surface area contributed by atoms with Crippen LogP contribution >= 0.6 is 15.9 Å². The van der Waals surface area contributed by atoms with Gasteiger partial charge in [0, 0.05) is 5.33 Å². The van der Waals surface area contributed by atoms with Gasteiger partial charge in [-0.25, -0.2) is 8.42 Å². The number of sulfone groups is 1. The van der Waals surface area contributed by atoms with Crippen LogP contribution in [0.4, 0.5) is 0 Å². The van der Waals surface area contributed by atoms with E-state index in [1.54, 1.807) is 20.8 Å². The molecule has 1 saturated carbocycles. The summed E-state index contributed by atoms with van der Waals surface area (Å²) >= 11 is 3.44. The number of rotatable bonds is 3. The fraction of sp³-hybridized carbons (Fsp3) is 1.00. The summed E-state index contributed by atoms with van der Waals surface area (Å²) in [6.07, 6.45) is 3.27. The van der Waals surface area contributed by atoms with Crippen molar-refractivity contribution in [3.8, 4) is 0 Å². The second kappa shape index (κ2) is 3.78. The first-order chi connectivity index (χ1) is 6.22. The summed E-state index contributed by atoms with van der Waals surface area (Å²) in [6.45, 7) is 5.34. The van der Waals surface area contributed by atoms with Gasteiger partial charge >= 0.3 is 0 Å². The molecule has 84 valence electrons. The molecular weight excluding hydrogens is 264 g/mol. The van der Waals surface area contributed by atoms with Crippen molar-refractivity contribution < 1.29 is 8.42 Å². The molecule has 4 heteroatoms. The molecule has 0 radical (unpaired) electrons. The Bertz CT molecular complexity index is 291. The van der Waals surface area contributed by atoms with Gasteiger partial charge in [-0.05, 0) is 39.0 Å². The Labute approximate surface area is 95.5 Å². The molecule has 0 heterocycles. The second-order valence-electron chi connectivity index (χ2n) is 5.36. The number of halogens is 1. The Kier molecular flexibility index (Phi) is 3.37. The van der Waals surface area contributed by atoms with E-state index in [9.17, 15) is 8.42 Å². The molecule has 0 aromatic heterocycles. The van der Waals surface area contributed by atoms with Gasteiger partial charge in [0.1, 0.15) is 0 Å². The zero-order chi connectivity index (χ0) is 11.0. The van der Waals surface area contributed by atoms with Gasteiger partial charge in [0.05, 0.1) is 10.5 Å². The van der Waals surface area contributed by atoms with Crippen molar-refractivity contribution in [3.05, 3.63) is 0 Å². The number of alkyl halides is 1. The molecule has 1 rings (SSSR count). The van der Waals surface area contributed by atoms with Crippen molar-refractivity contribution in [2.24, 2.45) is 5.41 Å². The van der Waals surface area contributed by atoms with Crippen LogP contribution in [0, 0.1) is 5.41 Å². The molecule has 0 bridgehead atoms. The highest BCUT2D eigenvalue weighted by Crippen LogP contribution is 2.44. The molecule has 0 N–H and O–H groups in total. The van der Waals surface area contributed by atoms with Gasteiger partial charge in [-0.15, -0.1) is 0 Å². The molecule has 0 aliphatic heterocycles. The van der Waals surface area contributed by atoms with E-state index in [-0.39, 0.29) is 5.41 Å². The Morgan fingerprint density at radius 1 is 1.29 bits per heavy atom. The largest absolute Gasteiger partial charge is 0.228 e. The molecule has 0 aromatic rings. The lowest BCUT2D eigenvalue weighted by molar-refractivity contribution is 0.202. The van der Waals surface area contributed by atoms with Crippen molar-refractivity contribution in [3.63, 3.8) is 0 Å². The molecule has 1 aliphatic carbocycles. The first-order valence-corrected chi connectivity index (χ1v) is 7.78. The molecule has 14 heavy (non-hydrogen) atoms. The smallest absolute Gasteiger partial charge is 0.155 e. The zero-order valence-corrected chi connectivity index (χ0v) is 11.5. The van der Waals surface area contributed by atoms with Crippen molar-refractivity contribution >= 4 is 25.8 Å². The summed E-state index contributed by atoms with van der Waals surface area (Å²) < 4.78 is 23.4. The monoisotopic (exact) mass is 282 g/mol. The summed E-state index contributed by atoms with van der Waals surface area (Å²) in [5.41, 5.74) is 0.0338. The minimum atomic E-state index is -2.96. The van der Waals surface area contributed by atoms with Gasteiger partial charge < -0.3 is 0 Å². The Balaban J connectivity index is 2.78. The van der Waals surface area contributed by atoms with Crippen molar-refractivity contribution in [2.75, 3.05) is 11.1 Å². The third kappa shape index (κ3) is 2.32. The maximum atomic E-state index is 12.0. The molecule has 0 amide bonds. The van der Waals surface area contributed by atoms with Crippen LogP contribution in [-0.4, -0.2) is 24.2 Å². The maximum absolute atomic E-state index is 12.0. The van der Waals surface area contributed by atoms with E-state index < -0.39 is 14.6 Å². The van der Waals surface area contributed by atoms with Crippen molar-refractivity contribution in [1.82, 2.24) is 0 Å². The van der Waals surface area contributed by atoms with Crippen LogP contribution in [0.3, 0.4) is 0 Å². The molecule has 0 aromatic carbocycles. The SMILES string of the molecule is CC(C)(C)S(=O)(=O)CC1(CBr)CCC1. The van der Waals surface area contributed by atoms with E-state index in [1.807, 2.05) is 0 Å². The molecule has 0 saturated heterocycles. The van der Waals surface area contributed by atoms with Gasteiger partial charge in [0.15, 0.2) is 9.84 Å². The Morgan fingerprint density at radius 3 is 2.00 bits per heavy atom. The number of hydrogen-bond acceptors (Lipinski definition) is 2. The fourth-order valence-corrected chi connectivity index (χ4v) is 4.26. The van der Waals surface area contributed by atoms with Gasteiger partial charge in [-0.2, -0.15) is 0 Å². The predicted molar refractivity (Wildman–Crippen MR) is 63.6 cm³/mol. The first-order valence-electron chi connectivity index (χ1n) is 5.01. The van der Waals surface area contributed by atoms with Crippen LogP contribution in [0.5, 0.6) is 0 Å². The summed E-state index contributed by atoms with van der Waals surface area (Å²) in [4.78, 5) is 0. The Hall–Kier alpha value is 0.430. The summed E-state index contributed by atoms with van der Waals surface area (Å²) in [5.74, 6) is 0.342. The molecule has 0 atom stereocenters. The predicted octanol–water partition coefficient (Wildman–Crippen LogP) is 2.76. The van der Waals surface area contributed by atoms with E-state index in [2.05, 4.69) is 15.9 Å². The molecule has 1 aliphatic rings. The van der Waals surface area contributed by atoms with E-state index in [0.29, 0.717) is 5.75 Å². The zero-order valence-electron chi connectivity index (χ0n) is 9.14. The van der Waals surface area contributed by atoms with E-state index >= 15 is 0 Å². The third-order valence-corrected chi connectivity index (χ3v) is 7.17. The van der Waals surface area contributed by atoms with Crippen molar-refractivity contribution in [2.45, 2.75) is 44.8 Å². The van der Waals surface area contributed by atoms with Gasteiger partial charge in [0.2, 0.25) is 0 Å². The van der Waals surface area contributed by atoms with E-state index in [4.69, 9.17) is 0 Å². The normalized spacial score (nSPS) is 21.7. The standard InChI is InChI=1S/C10H19BrO2S/c1-9(2,3)14(12,13)8-10(7-11)5-4-6-10/h4-8H2,1-3H3. The van der Waals surface area contributed by atoms with Crippen LogP contribution < -0.4 is 0 Å². The van der Waals surface area contributed by atoms with Crippen molar-refractivity contribution in [1.29, 1.82) is 0 Å². The summed E-state index contributed by atoms with van der Waals surface area (Å²) in [5, 5.41) is 0.815. The van der Waals surface area contributed by atoms with Crippen LogP contribution in [0.15, 0.2) is 0 Å². The van der Waals surface area contributed by atoms with Crippen LogP contribution in [-0.2, 0) is 9.84 Å². The van der Waals surface area contributed by atoms with Crippen LogP contribution in [0.25, 0.3) is 0 Å². The lowest BCUT2D eigenvalue weighted by atomic mass is 9.72. The summed E-state index contributed by atoms with van der Waals surface area (Å²) in [7, 11) is -2.96. The Morgan fingerprint density at radius 2 is 1.79 bits per heavy atom. The van der Waals surface area contributed by atoms with Gasteiger partial charge in [0.25, 0.3) is 0 Å². The highest BCUT2D eigenvalue weighted by molar-refractivity contribution is 9.09. The minimum absolute atomic E-state index is 0.0338. The average Bonchev–Trinajstić information content (AvgIpc) is 1.94. The fourth-order valence-electron chi connectivity index (χ4n) is 1.61. The quantitative estimate of drug-likeness (QED) is 0.746. The van der Waals surface area contributed by atoms with Crippen LogP contribution in [0.1, 0.15) is 40.0 Å². The molecule has 0 spiro atoms. The average molecular weight is 283 g/mol. The molecule has 2 nitrogen and oxygen atoms in total. The lowest BCUT2D eigenvalue weighted by Crippen LogP contribution is -2.43. The third-order valence-electron chi connectivity index (χ3n) is 3.13.